The average Bonchev–Trinajstić information content (AvgIpc) is 2.63. The molecule has 1 N–H and O–H groups in total. The molecule has 0 atom stereocenters. The Morgan fingerprint density at radius 1 is 1.33 bits per heavy atom. The highest BCUT2D eigenvalue weighted by Gasteiger charge is 2.19. The topological polar surface area (TPSA) is 60.5 Å². The minimum atomic E-state index is -0.528. The number of esters is 1. The number of fused-ring (bicyclic) bond motifs is 1. The summed E-state index contributed by atoms with van der Waals surface area (Å²) in [6.45, 7) is 1.94. The van der Waals surface area contributed by atoms with Crippen molar-refractivity contribution >= 4 is 55.8 Å². The van der Waals surface area contributed by atoms with Crippen LogP contribution in [0.2, 0.25) is 5.02 Å². The predicted octanol–water partition coefficient (Wildman–Crippen LogP) is 5.72. The van der Waals surface area contributed by atoms with Crippen molar-refractivity contribution in [3.63, 3.8) is 0 Å². The van der Waals surface area contributed by atoms with Gasteiger partial charge in [-0.15, -0.1) is 0 Å². The molecule has 0 spiro atoms. The van der Waals surface area contributed by atoms with Crippen LogP contribution >= 0.6 is 27.5 Å². The second-order valence-corrected chi connectivity index (χ2v) is 6.78. The number of anilines is 2. The molecule has 0 bridgehead atoms. The zero-order valence-electron chi connectivity index (χ0n) is 14.5. The Morgan fingerprint density at radius 3 is 2.78 bits per heavy atom. The predicted molar refractivity (Wildman–Crippen MR) is 107 cm³/mol. The highest BCUT2D eigenvalue weighted by atomic mass is 79.9. The van der Waals surface area contributed by atoms with Crippen molar-refractivity contribution < 1.29 is 18.7 Å². The molecule has 2 aromatic carbocycles. The van der Waals surface area contributed by atoms with Crippen LogP contribution in [0, 0.1) is 5.82 Å². The van der Waals surface area contributed by atoms with E-state index in [0.717, 1.165) is 0 Å². The number of aromatic nitrogens is 1. The molecular formula is C19H15BrClFN2O3. The summed E-state index contributed by atoms with van der Waals surface area (Å²) in [6, 6.07) is 7.49. The lowest BCUT2D eigenvalue weighted by atomic mass is 10.1. The fourth-order valence-electron chi connectivity index (χ4n) is 2.57. The number of hydrogen-bond acceptors (Lipinski definition) is 5. The zero-order chi connectivity index (χ0) is 19.6. The van der Waals surface area contributed by atoms with Gasteiger partial charge in [0, 0.05) is 17.6 Å². The first-order chi connectivity index (χ1) is 12.9. The van der Waals surface area contributed by atoms with E-state index >= 15 is 0 Å². The number of methoxy groups -OCH3 is 1. The molecule has 3 rings (SSSR count). The van der Waals surface area contributed by atoms with Crippen LogP contribution < -0.4 is 10.1 Å². The van der Waals surface area contributed by atoms with Gasteiger partial charge in [-0.2, -0.15) is 0 Å². The third-order valence-electron chi connectivity index (χ3n) is 3.83. The summed E-state index contributed by atoms with van der Waals surface area (Å²) in [5, 5.41) is 3.94. The fourth-order valence-corrected chi connectivity index (χ4v) is 3.29. The van der Waals surface area contributed by atoms with Crippen molar-refractivity contribution in [2.75, 3.05) is 19.0 Å². The molecular weight excluding hydrogens is 439 g/mol. The highest BCUT2D eigenvalue weighted by Crippen LogP contribution is 2.37. The third-order valence-corrected chi connectivity index (χ3v) is 4.76. The van der Waals surface area contributed by atoms with Crippen molar-refractivity contribution in [3.8, 4) is 5.75 Å². The van der Waals surface area contributed by atoms with Gasteiger partial charge in [0.15, 0.2) is 0 Å². The highest BCUT2D eigenvalue weighted by molar-refractivity contribution is 9.10. The van der Waals surface area contributed by atoms with Crippen molar-refractivity contribution in [1.29, 1.82) is 0 Å². The molecule has 0 aliphatic heterocycles. The minimum absolute atomic E-state index is 0.183. The summed E-state index contributed by atoms with van der Waals surface area (Å²) in [5.41, 5.74) is 1.74. The number of hydrogen-bond donors (Lipinski definition) is 1. The fraction of sp³-hybridized carbons (Fsp3) is 0.158. The van der Waals surface area contributed by atoms with Gasteiger partial charge in [0.25, 0.3) is 0 Å². The molecule has 1 aromatic heterocycles. The number of benzene rings is 2. The van der Waals surface area contributed by atoms with E-state index in [1.165, 1.54) is 24.4 Å². The van der Waals surface area contributed by atoms with E-state index in [1.54, 1.807) is 26.2 Å². The lowest BCUT2D eigenvalue weighted by Gasteiger charge is -2.16. The largest absolute Gasteiger partial charge is 0.495 e. The second kappa shape index (κ2) is 8.10. The van der Waals surface area contributed by atoms with Gasteiger partial charge in [-0.3, -0.25) is 4.98 Å². The van der Waals surface area contributed by atoms with E-state index in [4.69, 9.17) is 21.1 Å². The molecule has 3 aromatic rings. The minimum Gasteiger partial charge on any atom is -0.495 e. The summed E-state index contributed by atoms with van der Waals surface area (Å²) < 4.78 is 24.5. The Bertz CT molecular complexity index is 1030. The Balaban J connectivity index is 2.22. The van der Waals surface area contributed by atoms with Gasteiger partial charge < -0.3 is 14.8 Å². The van der Waals surface area contributed by atoms with Gasteiger partial charge in [0.05, 0.1) is 40.1 Å². The summed E-state index contributed by atoms with van der Waals surface area (Å²) in [5.74, 6) is -0.382. The van der Waals surface area contributed by atoms with E-state index in [9.17, 15) is 9.18 Å². The van der Waals surface area contributed by atoms with Crippen molar-refractivity contribution in [2.45, 2.75) is 6.92 Å². The van der Waals surface area contributed by atoms with E-state index in [1.807, 2.05) is 0 Å². The maximum absolute atomic E-state index is 13.4. The number of nitrogens with one attached hydrogen (secondary N) is 1. The SMILES string of the molecule is CCOC(=O)c1cnc2cc(OC)c(Br)cc2c1Nc1ccc(F)cc1Cl. The molecule has 140 valence electrons. The standard InChI is InChI=1S/C19H15BrClFN2O3/c1-3-27-19(25)12-9-23-16-8-17(26-2)13(20)7-11(16)18(12)24-15-5-4-10(22)6-14(15)21/h4-9H,3H2,1-2H3,(H,23,24). The third kappa shape index (κ3) is 3.99. The summed E-state index contributed by atoms with van der Waals surface area (Å²) in [7, 11) is 1.55. The molecule has 1 heterocycles. The van der Waals surface area contributed by atoms with E-state index in [-0.39, 0.29) is 17.2 Å². The van der Waals surface area contributed by atoms with Crippen molar-refractivity contribution in [3.05, 3.63) is 57.4 Å². The number of pyridine rings is 1. The van der Waals surface area contributed by atoms with Gasteiger partial charge in [0.1, 0.15) is 17.1 Å². The Hall–Kier alpha value is -2.38. The number of rotatable bonds is 5. The normalized spacial score (nSPS) is 10.7. The van der Waals surface area contributed by atoms with Crippen molar-refractivity contribution in [1.82, 2.24) is 4.98 Å². The van der Waals surface area contributed by atoms with Crippen LogP contribution in [0.3, 0.4) is 0 Å². The van der Waals surface area contributed by atoms with Crippen LogP contribution in [0.4, 0.5) is 15.8 Å². The Kier molecular flexibility index (Phi) is 5.82. The van der Waals surface area contributed by atoms with E-state index in [2.05, 4.69) is 26.2 Å². The van der Waals surface area contributed by atoms with Crippen LogP contribution in [-0.2, 0) is 4.74 Å². The summed E-state index contributed by atoms with van der Waals surface area (Å²) in [4.78, 5) is 16.8. The lowest BCUT2D eigenvalue weighted by Crippen LogP contribution is -2.09. The molecule has 27 heavy (non-hydrogen) atoms. The van der Waals surface area contributed by atoms with Gasteiger partial charge in [-0.25, -0.2) is 9.18 Å². The van der Waals surface area contributed by atoms with Crippen LogP contribution in [-0.4, -0.2) is 24.7 Å². The first-order valence-electron chi connectivity index (χ1n) is 8.00. The molecule has 0 aliphatic rings. The average molecular weight is 454 g/mol. The maximum Gasteiger partial charge on any atom is 0.341 e. The van der Waals surface area contributed by atoms with E-state index in [0.29, 0.717) is 32.5 Å². The van der Waals surface area contributed by atoms with Crippen LogP contribution in [0.1, 0.15) is 17.3 Å². The number of ether oxygens (including phenoxy) is 2. The summed E-state index contributed by atoms with van der Waals surface area (Å²) in [6.07, 6.45) is 1.42. The maximum atomic E-state index is 13.4. The van der Waals surface area contributed by atoms with Crippen LogP contribution in [0.5, 0.6) is 5.75 Å². The lowest BCUT2D eigenvalue weighted by molar-refractivity contribution is 0.0527. The quantitative estimate of drug-likeness (QED) is 0.501. The molecule has 0 saturated heterocycles. The zero-order valence-corrected chi connectivity index (χ0v) is 16.8. The Labute approximate surface area is 168 Å². The number of carbonyl (C=O) groups is 1. The number of halogens is 3. The second-order valence-electron chi connectivity index (χ2n) is 5.52. The number of nitrogens with zero attached hydrogens (tertiary/aromatic N) is 1. The smallest absolute Gasteiger partial charge is 0.341 e. The van der Waals surface area contributed by atoms with Crippen molar-refractivity contribution in [2.24, 2.45) is 0 Å². The van der Waals surface area contributed by atoms with Crippen LogP contribution in [0.25, 0.3) is 10.9 Å². The first-order valence-corrected chi connectivity index (χ1v) is 9.17. The summed E-state index contributed by atoms with van der Waals surface area (Å²) >= 11 is 9.58. The molecule has 5 nitrogen and oxygen atoms in total. The molecule has 0 amide bonds. The monoisotopic (exact) mass is 452 g/mol. The van der Waals surface area contributed by atoms with Gasteiger partial charge in [-0.1, -0.05) is 11.6 Å². The Morgan fingerprint density at radius 2 is 2.11 bits per heavy atom. The van der Waals surface area contributed by atoms with Gasteiger partial charge in [-0.05, 0) is 47.1 Å². The molecule has 0 fully saturated rings. The molecule has 0 radical (unpaired) electrons. The molecule has 0 aliphatic carbocycles. The molecule has 8 heteroatoms. The molecule has 0 unspecified atom stereocenters. The molecule has 0 saturated carbocycles. The first kappa shape index (κ1) is 19.4. The van der Waals surface area contributed by atoms with Gasteiger partial charge in [0.2, 0.25) is 0 Å². The van der Waals surface area contributed by atoms with Crippen LogP contribution in [0.15, 0.2) is 41.0 Å². The van der Waals surface area contributed by atoms with Gasteiger partial charge >= 0.3 is 5.97 Å². The number of carbonyl (C=O) groups excluding carboxylic acids is 1. The van der Waals surface area contributed by atoms with E-state index < -0.39 is 11.8 Å².